The fourth-order valence-corrected chi connectivity index (χ4v) is 0.990. The van der Waals surface area contributed by atoms with Gasteiger partial charge in [-0.2, -0.15) is 5.26 Å². The van der Waals surface area contributed by atoms with Gasteiger partial charge in [0.2, 0.25) is 0 Å². The van der Waals surface area contributed by atoms with Crippen molar-refractivity contribution in [3.8, 4) is 6.07 Å². The third-order valence-corrected chi connectivity index (χ3v) is 1.81. The van der Waals surface area contributed by atoms with Gasteiger partial charge in [0.05, 0.1) is 11.6 Å². The van der Waals surface area contributed by atoms with Crippen molar-refractivity contribution < 1.29 is 10.2 Å². The average Bonchev–Trinajstić information content (AvgIpc) is 2.01. The number of hydrogen-bond acceptors (Lipinski definition) is 4. The lowest BCUT2D eigenvalue weighted by atomic mass is 10.1. The summed E-state index contributed by atoms with van der Waals surface area (Å²) in [6, 6.07) is 1.86. The highest BCUT2D eigenvalue weighted by molar-refractivity contribution is 5.26. The van der Waals surface area contributed by atoms with Crippen LogP contribution >= 0.6 is 0 Å². The van der Waals surface area contributed by atoms with Gasteiger partial charge in [0.25, 0.3) is 0 Å². The van der Waals surface area contributed by atoms with Crippen LogP contribution in [0.5, 0.6) is 0 Å². The maximum atomic E-state index is 9.28. The minimum atomic E-state index is -0.955. The number of nitrogens with zero attached hydrogens (tertiary/aromatic N) is 2. The van der Waals surface area contributed by atoms with Gasteiger partial charge in [-0.05, 0) is 7.05 Å². The molecule has 0 aliphatic carbocycles. The first-order chi connectivity index (χ1) is 5.16. The number of hydrogen-bond donors (Lipinski definition) is 2. The van der Waals surface area contributed by atoms with E-state index in [0.717, 1.165) is 0 Å². The first kappa shape index (κ1) is 8.21. The standard InChI is InChI=1S/C7H10N2O2/c1-9-6(10)3-2-5(4-8)7(9)11/h2,6-7,10-11H,3H2,1H3. The van der Waals surface area contributed by atoms with E-state index in [9.17, 15) is 10.2 Å². The molecule has 2 unspecified atom stereocenters. The molecular weight excluding hydrogens is 144 g/mol. The van der Waals surface area contributed by atoms with Crippen molar-refractivity contribution in [1.29, 1.82) is 5.26 Å². The fourth-order valence-electron chi connectivity index (χ4n) is 0.990. The molecule has 0 fully saturated rings. The second-order valence-corrected chi connectivity index (χ2v) is 2.53. The van der Waals surface area contributed by atoms with Gasteiger partial charge < -0.3 is 10.2 Å². The van der Waals surface area contributed by atoms with Gasteiger partial charge in [-0.1, -0.05) is 6.08 Å². The van der Waals surface area contributed by atoms with Crippen LogP contribution in [0.4, 0.5) is 0 Å². The van der Waals surface area contributed by atoms with Gasteiger partial charge in [-0.3, -0.25) is 4.90 Å². The molecule has 0 aromatic rings. The van der Waals surface area contributed by atoms with Crippen LogP contribution in [0.25, 0.3) is 0 Å². The van der Waals surface area contributed by atoms with Crippen molar-refractivity contribution in [2.75, 3.05) is 7.05 Å². The zero-order chi connectivity index (χ0) is 8.43. The van der Waals surface area contributed by atoms with Gasteiger partial charge in [0.1, 0.15) is 12.5 Å². The molecule has 4 heteroatoms. The van der Waals surface area contributed by atoms with E-state index in [1.807, 2.05) is 6.07 Å². The molecule has 4 nitrogen and oxygen atoms in total. The lowest BCUT2D eigenvalue weighted by Gasteiger charge is -2.30. The number of nitriles is 1. The van der Waals surface area contributed by atoms with Crippen LogP contribution in [0.1, 0.15) is 6.42 Å². The van der Waals surface area contributed by atoms with Crippen molar-refractivity contribution in [3.05, 3.63) is 11.6 Å². The molecule has 2 atom stereocenters. The van der Waals surface area contributed by atoms with E-state index in [4.69, 9.17) is 5.26 Å². The molecule has 0 bridgehead atoms. The van der Waals surface area contributed by atoms with E-state index in [1.54, 1.807) is 13.1 Å². The lowest BCUT2D eigenvalue weighted by Crippen LogP contribution is -2.43. The summed E-state index contributed by atoms with van der Waals surface area (Å²) in [4.78, 5) is 1.35. The summed E-state index contributed by atoms with van der Waals surface area (Å²) < 4.78 is 0. The maximum Gasteiger partial charge on any atom is 0.144 e. The largest absolute Gasteiger partial charge is 0.378 e. The van der Waals surface area contributed by atoms with E-state index in [2.05, 4.69) is 0 Å². The summed E-state index contributed by atoms with van der Waals surface area (Å²) in [7, 11) is 1.57. The monoisotopic (exact) mass is 154 g/mol. The Kier molecular flexibility index (Phi) is 2.25. The topological polar surface area (TPSA) is 67.5 Å². The number of aliphatic hydroxyl groups excluding tert-OH is 2. The molecular formula is C7H10N2O2. The minimum Gasteiger partial charge on any atom is -0.378 e. The molecule has 0 aromatic heterocycles. The molecule has 1 aliphatic heterocycles. The van der Waals surface area contributed by atoms with Crippen LogP contribution in [-0.4, -0.2) is 34.6 Å². The Hall–Kier alpha value is -0.890. The van der Waals surface area contributed by atoms with E-state index >= 15 is 0 Å². The van der Waals surface area contributed by atoms with Crippen LogP contribution in [0.15, 0.2) is 11.6 Å². The van der Waals surface area contributed by atoms with Crippen molar-refractivity contribution in [2.24, 2.45) is 0 Å². The third kappa shape index (κ3) is 1.40. The normalized spacial score (nSPS) is 32.7. The Labute approximate surface area is 65.0 Å². The SMILES string of the molecule is CN1C(O)CC=C(C#N)C1O. The molecule has 0 spiro atoms. The van der Waals surface area contributed by atoms with Gasteiger partial charge in [-0.25, -0.2) is 0 Å². The zero-order valence-corrected chi connectivity index (χ0v) is 6.23. The van der Waals surface area contributed by atoms with Crippen LogP contribution in [0.2, 0.25) is 0 Å². The van der Waals surface area contributed by atoms with Crippen LogP contribution < -0.4 is 0 Å². The van der Waals surface area contributed by atoms with Crippen molar-refractivity contribution in [3.63, 3.8) is 0 Å². The Morgan fingerprint density at radius 1 is 1.73 bits per heavy atom. The Morgan fingerprint density at radius 3 is 2.91 bits per heavy atom. The smallest absolute Gasteiger partial charge is 0.144 e. The molecule has 1 aliphatic rings. The molecule has 0 saturated heterocycles. The van der Waals surface area contributed by atoms with Crippen molar-refractivity contribution in [1.82, 2.24) is 4.90 Å². The highest BCUT2D eigenvalue weighted by Gasteiger charge is 2.25. The van der Waals surface area contributed by atoms with Gasteiger partial charge in [0.15, 0.2) is 0 Å². The van der Waals surface area contributed by atoms with Gasteiger partial charge in [-0.15, -0.1) is 0 Å². The molecule has 1 heterocycles. The summed E-state index contributed by atoms with van der Waals surface area (Å²) in [6.07, 6.45) is 0.317. The molecule has 11 heavy (non-hydrogen) atoms. The third-order valence-electron chi connectivity index (χ3n) is 1.81. The summed E-state index contributed by atoms with van der Waals surface area (Å²) in [5, 5.41) is 26.9. The van der Waals surface area contributed by atoms with Crippen LogP contribution in [0, 0.1) is 11.3 Å². The summed E-state index contributed by atoms with van der Waals surface area (Å²) >= 11 is 0. The number of likely N-dealkylation sites (N-methyl/N-ethyl adjacent to an activating group) is 1. The average molecular weight is 154 g/mol. The highest BCUT2D eigenvalue weighted by atomic mass is 16.3. The first-order valence-electron chi connectivity index (χ1n) is 3.35. The molecule has 0 saturated carbocycles. The minimum absolute atomic E-state index is 0.304. The summed E-state index contributed by atoms with van der Waals surface area (Å²) in [6.45, 7) is 0. The maximum absolute atomic E-state index is 9.28. The second-order valence-electron chi connectivity index (χ2n) is 2.53. The van der Waals surface area contributed by atoms with Gasteiger partial charge in [0, 0.05) is 6.42 Å². The second kappa shape index (κ2) is 3.01. The van der Waals surface area contributed by atoms with Gasteiger partial charge >= 0.3 is 0 Å². The summed E-state index contributed by atoms with van der Waals surface area (Å²) in [5.74, 6) is 0. The summed E-state index contributed by atoms with van der Waals surface area (Å²) in [5.41, 5.74) is 0.304. The van der Waals surface area contributed by atoms with E-state index in [0.29, 0.717) is 12.0 Å². The zero-order valence-electron chi connectivity index (χ0n) is 6.23. The molecule has 0 amide bonds. The predicted octanol–water partition coefficient (Wildman–Crippen LogP) is -0.591. The predicted molar refractivity (Wildman–Crippen MR) is 38.1 cm³/mol. The van der Waals surface area contributed by atoms with Crippen molar-refractivity contribution in [2.45, 2.75) is 18.9 Å². The molecule has 0 aromatic carbocycles. The Balaban J connectivity index is 2.81. The van der Waals surface area contributed by atoms with E-state index < -0.39 is 12.5 Å². The Bertz CT molecular complexity index is 219. The Morgan fingerprint density at radius 2 is 2.36 bits per heavy atom. The molecule has 60 valence electrons. The fraction of sp³-hybridized carbons (Fsp3) is 0.571. The molecule has 0 radical (unpaired) electrons. The van der Waals surface area contributed by atoms with Crippen molar-refractivity contribution >= 4 is 0 Å². The highest BCUT2D eigenvalue weighted by Crippen LogP contribution is 2.16. The first-order valence-corrected chi connectivity index (χ1v) is 3.35. The van der Waals surface area contributed by atoms with Crippen LogP contribution in [0.3, 0.4) is 0 Å². The molecule has 1 rings (SSSR count). The quantitative estimate of drug-likeness (QED) is 0.489. The van der Waals surface area contributed by atoms with E-state index in [1.165, 1.54) is 4.90 Å². The van der Waals surface area contributed by atoms with E-state index in [-0.39, 0.29) is 0 Å². The van der Waals surface area contributed by atoms with Crippen LogP contribution in [-0.2, 0) is 0 Å². The number of aliphatic hydroxyl groups is 2. The lowest BCUT2D eigenvalue weighted by molar-refractivity contribution is -0.0721. The number of rotatable bonds is 0. The molecule has 2 N–H and O–H groups in total.